The minimum atomic E-state index is -0.189. The molecule has 5 nitrogen and oxygen atoms in total. The molecule has 1 fully saturated rings. The molecule has 3 rings (SSSR count). The molecule has 1 amide bonds. The number of benzene rings is 1. The molecule has 0 saturated carbocycles. The van der Waals surface area contributed by atoms with Crippen molar-refractivity contribution in [1.29, 1.82) is 0 Å². The quantitative estimate of drug-likeness (QED) is 0.944. The highest BCUT2D eigenvalue weighted by molar-refractivity contribution is 6.30. The van der Waals surface area contributed by atoms with Crippen molar-refractivity contribution in [3.63, 3.8) is 0 Å². The number of carbonyl (C=O) groups excluding carboxylic acids is 1. The lowest BCUT2D eigenvalue weighted by atomic mass is 10.2. The number of hydrogen-bond donors (Lipinski definition) is 1. The van der Waals surface area contributed by atoms with Crippen LogP contribution in [0.15, 0.2) is 36.5 Å². The van der Waals surface area contributed by atoms with Gasteiger partial charge in [-0.05, 0) is 37.1 Å². The third kappa shape index (κ3) is 3.43. The topological polar surface area (TPSA) is 56.1 Å². The maximum absolute atomic E-state index is 12.0. The Labute approximate surface area is 127 Å². The Morgan fingerprint density at radius 3 is 3.14 bits per heavy atom. The third-order valence-electron chi connectivity index (χ3n) is 3.41. The first-order chi connectivity index (χ1) is 10.2. The van der Waals surface area contributed by atoms with Gasteiger partial charge in [0, 0.05) is 24.4 Å². The lowest BCUT2D eigenvalue weighted by Crippen LogP contribution is -2.32. The van der Waals surface area contributed by atoms with Crippen LogP contribution >= 0.6 is 11.6 Å². The smallest absolute Gasteiger partial charge is 0.271 e. The van der Waals surface area contributed by atoms with E-state index in [0.717, 1.165) is 25.1 Å². The fourth-order valence-corrected chi connectivity index (χ4v) is 2.49. The minimum absolute atomic E-state index is 0.129. The molecule has 0 aliphatic carbocycles. The van der Waals surface area contributed by atoms with Crippen LogP contribution in [0.2, 0.25) is 5.02 Å². The Bertz CT molecular complexity index is 635. The van der Waals surface area contributed by atoms with Gasteiger partial charge < -0.3 is 10.1 Å². The van der Waals surface area contributed by atoms with Crippen LogP contribution in [-0.4, -0.2) is 34.9 Å². The van der Waals surface area contributed by atoms with Crippen molar-refractivity contribution in [1.82, 2.24) is 15.1 Å². The molecule has 0 unspecified atom stereocenters. The number of hydrogen-bond acceptors (Lipinski definition) is 3. The maximum atomic E-state index is 12.0. The van der Waals surface area contributed by atoms with E-state index in [1.165, 1.54) is 0 Å². The summed E-state index contributed by atoms with van der Waals surface area (Å²) in [4.78, 5) is 12.0. The highest BCUT2D eigenvalue weighted by Gasteiger charge is 2.17. The zero-order valence-electron chi connectivity index (χ0n) is 11.5. The first-order valence-electron chi connectivity index (χ1n) is 6.94. The first-order valence-corrected chi connectivity index (χ1v) is 7.31. The van der Waals surface area contributed by atoms with E-state index in [1.807, 2.05) is 12.1 Å². The molecule has 1 saturated heterocycles. The predicted molar refractivity (Wildman–Crippen MR) is 79.9 cm³/mol. The monoisotopic (exact) mass is 305 g/mol. The van der Waals surface area contributed by atoms with Crippen molar-refractivity contribution < 1.29 is 9.53 Å². The van der Waals surface area contributed by atoms with Gasteiger partial charge in [0.15, 0.2) is 5.69 Å². The number of nitrogens with one attached hydrogen (secondary N) is 1. The normalized spacial score (nSPS) is 17.9. The zero-order valence-corrected chi connectivity index (χ0v) is 12.2. The number of carbonyl (C=O) groups is 1. The summed E-state index contributed by atoms with van der Waals surface area (Å²) < 4.78 is 7.10. The molecule has 2 aromatic rings. The van der Waals surface area contributed by atoms with E-state index in [1.54, 1.807) is 29.1 Å². The second kappa shape index (κ2) is 6.28. The number of amides is 1. The van der Waals surface area contributed by atoms with Crippen molar-refractivity contribution in [2.24, 2.45) is 0 Å². The van der Waals surface area contributed by atoms with Crippen LogP contribution in [0.3, 0.4) is 0 Å². The summed E-state index contributed by atoms with van der Waals surface area (Å²) in [6.45, 7) is 1.31. The molecule has 0 bridgehead atoms. The van der Waals surface area contributed by atoms with Crippen molar-refractivity contribution in [2.75, 3.05) is 13.2 Å². The summed E-state index contributed by atoms with van der Waals surface area (Å²) in [5.41, 5.74) is 1.20. The minimum Gasteiger partial charge on any atom is -0.376 e. The van der Waals surface area contributed by atoms with E-state index in [9.17, 15) is 4.79 Å². The molecule has 1 aromatic heterocycles. The van der Waals surface area contributed by atoms with Crippen molar-refractivity contribution in [2.45, 2.75) is 18.9 Å². The molecule has 110 valence electrons. The van der Waals surface area contributed by atoms with Crippen LogP contribution in [0.25, 0.3) is 5.69 Å². The van der Waals surface area contributed by atoms with Gasteiger partial charge in [-0.2, -0.15) is 5.10 Å². The van der Waals surface area contributed by atoms with Gasteiger partial charge in [-0.1, -0.05) is 17.7 Å². The van der Waals surface area contributed by atoms with E-state index in [4.69, 9.17) is 16.3 Å². The molecule has 21 heavy (non-hydrogen) atoms. The Kier molecular flexibility index (Phi) is 4.22. The summed E-state index contributed by atoms with van der Waals surface area (Å²) in [5.74, 6) is -0.189. The van der Waals surface area contributed by atoms with Crippen LogP contribution < -0.4 is 5.32 Å². The summed E-state index contributed by atoms with van der Waals surface area (Å²) in [7, 11) is 0. The summed E-state index contributed by atoms with van der Waals surface area (Å²) in [5, 5.41) is 7.75. The second-order valence-electron chi connectivity index (χ2n) is 4.97. The van der Waals surface area contributed by atoms with Crippen molar-refractivity contribution in [3.05, 3.63) is 47.2 Å². The van der Waals surface area contributed by atoms with E-state index >= 15 is 0 Å². The van der Waals surface area contributed by atoms with Gasteiger partial charge in [0.1, 0.15) is 0 Å². The molecule has 1 aliphatic heterocycles. The van der Waals surface area contributed by atoms with Crippen LogP contribution in [0.1, 0.15) is 23.3 Å². The Hall–Kier alpha value is -1.85. The summed E-state index contributed by atoms with van der Waals surface area (Å²) in [6, 6.07) is 9.00. The molecule has 1 N–H and O–H groups in total. The van der Waals surface area contributed by atoms with Gasteiger partial charge >= 0.3 is 0 Å². The van der Waals surface area contributed by atoms with Crippen LogP contribution in [0.4, 0.5) is 0 Å². The number of aromatic nitrogens is 2. The highest BCUT2D eigenvalue weighted by atomic mass is 35.5. The standard InChI is InChI=1S/C15H16ClN3O2/c16-11-3-1-4-12(9-11)19-7-6-14(18-19)15(20)17-10-13-5-2-8-21-13/h1,3-4,6-7,9,13H,2,5,8,10H2,(H,17,20)/t13-/m0/s1. The average Bonchev–Trinajstić information content (AvgIpc) is 3.16. The lowest BCUT2D eigenvalue weighted by molar-refractivity contribution is 0.0853. The summed E-state index contributed by atoms with van der Waals surface area (Å²) in [6.07, 6.45) is 3.93. The largest absolute Gasteiger partial charge is 0.376 e. The lowest BCUT2D eigenvalue weighted by Gasteiger charge is -2.09. The van der Waals surface area contributed by atoms with Crippen LogP contribution in [0, 0.1) is 0 Å². The maximum Gasteiger partial charge on any atom is 0.271 e. The number of nitrogens with zero attached hydrogens (tertiary/aromatic N) is 2. The fraction of sp³-hybridized carbons (Fsp3) is 0.333. The van der Waals surface area contributed by atoms with Crippen LogP contribution in [-0.2, 0) is 4.74 Å². The number of halogens is 1. The van der Waals surface area contributed by atoms with Gasteiger partial charge in [-0.25, -0.2) is 4.68 Å². The molecular weight excluding hydrogens is 290 g/mol. The molecular formula is C15H16ClN3O2. The number of ether oxygens (including phenoxy) is 1. The summed E-state index contributed by atoms with van der Waals surface area (Å²) >= 11 is 5.95. The highest BCUT2D eigenvalue weighted by Crippen LogP contribution is 2.14. The van der Waals surface area contributed by atoms with E-state index in [0.29, 0.717) is 17.3 Å². The van der Waals surface area contributed by atoms with Gasteiger partial charge in [-0.15, -0.1) is 0 Å². The molecule has 1 atom stereocenters. The average molecular weight is 306 g/mol. The molecule has 6 heteroatoms. The fourth-order valence-electron chi connectivity index (χ4n) is 2.31. The Balaban J connectivity index is 1.65. The van der Waals surface area contributed by atoms with Gasteiger partial charge in [0.2, 0.25) is 0 Å². The Morgan fingerprint density at radius 2 is 2.38 bits per heavy atom. The third-order valence-corrected chi connectivity index (χ3v) is 3.64. The van der Waals surface area contributed by atoms with Gasteiger partial charge in [0.25, 0.3) is 5.91 Å². The zero-order chi connectivity index (χ0) is 14.7. The van der Waals surface area contributed by atoms with E-state index in [-0.39, 0.29) is 12.0 Å². The molecule has 2 heterocycles. The van der Waals surface area contributed by atoms with Gasteiger partial charge in [-0.3, -0.25) is 4.79 Å². The first kappa shape index (κ1) is 14.1. The van der Waals surface area contributed by atoms with Crippen molar-refractivity contribution in [3.8, 4) is 5.69 Å². The predicted octanol–water partition coefficient (Wildman–Crippen LogP) is 2.43. The number of rotatable bonds is 4. The van der Waals surface area contributed by atoms with Gasteiger partial charge in [0.05, 0.1) is 11.8 Å². The van der Waals surface area contributed by atoms with E-state index in [2.05, 4.69) is 10.4 Å². The second-order valence-corrected chi connectivity index (χ2v) is 5.41. The molecule has 1 aliphatic rings. The Morgan fingerprint density at radius 1 is 1.48 bits per heavy atom. The van der Waals surface area contributed by atoms with Crippen LogP contribution in [0.5, 0.6) is 0 Å². The van der Waals surface area contributed by atoms with Crippen molar-refractivity contribution >= 4 is 17.5 Å². The van der Waals surface area contributed by atoms with E-state index < -0.39 is 0 Å². The molecule has 1 aromatic carbocycles. The molecule has 0 radical (unpaired) electrons. The molecule has 0 spiro atoms. The SMILES string of the molecule is O=C(NC[C@@H]1CCCO1)c1ccn(-c2cccc(Cl)c2)n1.